The van der Waals surface area contributed by atoms with Crippen molar-refractivity contribution in [2.45, 2.75) is 320 Å². The molecule has 0 aromatic heterocycles. The molecule has 0 aliphatic carbocycles. The van der Waals surface area contributed by atoms with Crippen LogP contribution in [0.2, 0.25) is 0 Å². The number of carbonyl (C=O) groups excluding carboxylic acids is 1. The van der Waals surface area contributed by atoms with E-state index in [0.29, 0.717) is 13.0 Å². The Morgan fingerprint density at radius 3 is 1.18 bits per heavy atom. The van der Waals surface area contributed by atoms with Crippen LogP contribution in [0.3, 0.4) is 0 Å². The van der Waals surface area contributed by atoms with Gasteiger partial charge in [-0.15, -0.1) is 0 Å². The van der Waals surface area contributed by atoms with E-state index in [9.17, 15) is 33.1 Å². The highest BCUT2D eigenvalue weighted by atomic mass is 32.3. The predicted octanol–water partition coefficient (Wildman–Crippen LogP) is 14.0. The van der Waals surface area contributed by atoms with E-state index >= 15 is 0 Å². The van der Waals surface area contributed by atoms with Crippen LogP contribution < -0.4 is 0 Å². The summed E-state index contributed by atoms with van der Waals surface area (Å²) in [6.07, 6.45) is 44.3. The van der Waals surface area contributed by atoms with Gasteiger partial charge in [-0.05, 0) is 12.8 Å². The summed E-state index contributed by atoms with van der Waals surface area (Å²) in [5, 5.41) is 30.8. The van der Waals surface area contributed by atoms with Crippen LogP contribution in [0.4, 0.5) is 0 Å². The van der Waals surface area contributed by atoms with Gasteiger partial charge in [-0.2, -0.15) is 8.42 Å². The fourth-order valence-corrected chi connectivity index (χ4v) is 9.89. The summed E-state index contributed by atoms with van der Waals surface area (Å²) in [6, 6.07) is 0. The Labute approximate surface area is 417 Å². The molecule has 1 saturated heterocycles. The minimum absolute atomic E-state index is 0.0456. The SMILES string of the molecule is CCCCCCCCCCCCCCCCCCCCCCCCCCCOCC(COC1OC(CO)C(O)C(OS(=O)(=O)O)C1O)OC(=O)CCCCCCCCCCCCCCCCCC. The molecule has 68 heavy (non-hydrogen) atoms. The van der Waals surface area contributed by atoms with Crippen LogP contribution in [-0.2, 0) is 38.3 Å². The van der Waals surface area contributed by atoms with Gasteiger partial charge in [0.05, 0.1) is 19.8 Å². The van der Waals surface area contributed by atoms with Crippen LogP contribution in [-0.4, -0.2) is 97.5 Å². The number of aliphatic hydroxyl groups excluding tert-OH is 3. The van der Waals surface area contributed by atoms with Crippen molar-refractivity contribution < 1.29 is 56.2 Å². The number of esters is 1. The van der Waals surface area contributed by atoms with Gasteiger partial charge in [-0.3, -0.25) is 9.35 Å². The molecule has 0 aromatic carbocycles. The topological polar surface area (TPSA) is 178 Å². The molecule has 1 aliphatic heterocycles. The quantitative estimate of drug-likeness (QED) is 0.0258. The summed E-state index contributed by atoms with van der Waals surface area (Å²) in [5.41, 5.74) is 0. The molecular formula is C55H108O12S. The second-order valence-corrected chi connectivity index (χ2v) is 21.3. The summed E-state index contributed by atoms with van der Waals surface area (Å²) < 4.78 is 59.4. The normalized spacial score (nSPS) is 19.2. The fourth-order valence-electron chi connectivity index (χ4n) is 9.38. The maximum atomic E-state index is 12.9. The number of ether oxygens (including phenoxy) is 4. The molecule has 0 radical (unpaired) electrons. The van der Waals surface area contributed by atoms with E-state index in [1.54, 1.807) is 0 Å². The van der Waals surface area contributed by atoms with Gasteiger partial charge in [0.15, 0.2) is 6.29 Å². The van der Waals surface area contributed by atoms with Gasteiger partial charge in [0.1, 0.15) is 30.5 Å². The van der Waals surface area contributed by atoms with Gasteiger partial charge in [-0.1, -0.05) is 264 Å². The Kier molecular flexibility index (Phi) is 45.1. The van der Waals surface area contributed by atoms with Gasteiger partial charge in [-0.25, -0.2) is 4.18 Å². The number of unbranched alkanes of at least 4 members (excludes halogenated alkanes) is 39. The lowest BCUT2D eigenvalue weighted by molar-refractivity contribution is -0.301. The first-order valence-corrected chi connectivity index (χ1v) is 30.2. The van der Waals surface area contributed by atoms with Gasteiger partial charge in [0.25, 0.3) is 0 Å². The highest BCUT2D eigenvalue weighted by molar-refractivity contribution is 7.80. The molecule has 0 saturated carbocycles. The van der Waals surface area contributed by atoms with E-state index in [0.717, 1.165) is 38.5 Å². The van der Waals surface area contributed by atoms with Crippen molar-refractivity contribution in [2.24, 2.45) is 0 Å². The van der Waals surface area contributed by atoms with Crippen molar-refractivity contribution in [3.05, 3.63) is 0 Å². The monoisotopic (exact) mass is 993 g/mol. The van der Waals surface area contributed by atoms with Gasteiger partial charge in [0, 0.05) is 13.0 Å². The van der Waals surface area contributed by atoms with E-state index < -0.39 is 53.8 Å². The maximum absolute atomic E-state index is 12.9. The predicted molar refractivity (Wildman–Crippen MR) is 276 cm³/mol. The number of hydrogen-bond donors (Lipinski definition) is 4. The average Bonchev–Trinajstić information content (AvgIpc) is 3.31. The Morgan fingerprint density at radius 2 is 0.838 bits per heavy atom. The lowest BCUT2D eigenvalue weighted by atomic mass is 9.99. The van der Waals surface area contributed by atoms with Crippen LogP contribution in [0.5, 0.6) is 0 Å². The van der Waals surface area contributed by atoms with Crippen molar-refractivity contribution in [1.82, 2.24) is 0 Å². The van der Waals surface area contributed by atoms with Gasteiger partial charge < -0.3 is 34.3 Å². The lowest BCUT2D eigenvalue weighted by Gasteiger charge is -2.41. The summed E-state index contributed by atoms with van der Waals surface area (Å²) >= 11 is 0. The van der Waals surface area contributed by atoms with Crippen LogP contribution in [0.15, 0.2) is 0 Å². The largest absolute Gasteiger partial charge is 0.457 e. The van der Waals surface area contributed by atoms with Crippen molar-refractivity contribution in [3.8, 4) is 0 Å². The zero-order valence-corrected chi connectivity index (χ0v) is 44.8. The average molecular weight is 994 g/mol. The number of hydrogen-bond acceptors (Lipinski definition) is 11. The lowest BCUT2D eigenvalue weighted by Crippen LogP contribution is -2.60. The highest BCUT2D eigenvalue weighted by Gasteiger charge is 2.48. The second kappa shape index (κ2) is 47.1. The van der Waals surface area contributed by atoms with Crippen LogP contribution in [0, 0.1) is 0 Å². The van der Waals surface area contributed by atoms with Crippen LogP contribution >= 0.6 is 0 Å². The second-order valence-electron chi connectivity index (χ2n) is 20.3. The first kappa shape index (κ1) is 65.1. The standard InChI is InChI=1S/C55H108O12S/c1-3-5-7-9-11-13-15-17-19-21-22-23-24-25-26-27-28-29-31-33-35-37-39-41-43-45-63-47-49(48-64-55-53(59)54(67-68(60,61)62)52(58)50(46-56)66-55)65-51(57)44-42-40-38-36-34-32-30-20-18-16-14-12-10-8-6-4-2/h49-50,52-56,58-59H,3-48H2,1-2H3,(H,60,61,62). The maximum Gasteiger partial charge on any atom is 0.397 e. The molecule has 12 nitrogen and oxygen atoms in total. The smallest absolute Gasteiger partial charge is 0.397 e. The molecule has 1 heterocycles. The molecule has 4 N–H and O–H groups in total. The van der Waals surface area contributed by atoms with E-state index in [4.69, 9.17) is 18.9 Å². The third-order valence-electron chi connectivity index (χ3n) is 13.7. The van der Waals surface area contributed by atoms with E-state index in [2.05, 4.69) is 18.0 Å². The summed E-state index contributed by atoms with van der Waals surface area (Å²) in [6.45, 7) is 4.07. The first-order chi connectivity index (χ1) is 33.1. The summed E-state index contributed by atoms with van der Waals surface area (Å²) in [5.74, 6) is -0.390. The Morgan fingerprint density at radius 1 is 0.500 bits per heavy atom. The van der Waals surface area contributed by atoms with Crippen molar-refractivity contribution in [3.63, 3.8) is 0 Å². The molecule has 1 aliphatic rings. The molecular weight excluding hydrogens is 885 g/mol. The minimum atomic E-state index is -5.06. The van der Waals surface area contributed by atoms with E-state index in [-0.39, 0.29) is 25.6 Å². The van der Waals surface area contributed by atoms with Crippen molar-refractivity contribution >= 4 is 16.4 Å². The third kappa shape index (κ3) is 39.7. The summed E-state index contributed by atoms with van der Waals surface area (Å²) in [4.78, 5) is 12.9. The molecule has 1 fully saturated rings. The van der Waals surface area contributed by atoms with Crippen LogP contribution in [0.25, 0.3) is 0 Å². The molecule has 6 atom stereocenters. The van der Waals surface area contributed by atoms with Crippen LogP contribution in [0.1, 0.15) is 284 Å². The van der Waals surface area contributed by atoms with Crippen molar-refractivity contribution in [1.29, 1.82) is 0 Å². The number of rotatable bonds is 52. The Bertz CT molecular complexity index is 1190. The molecule has 1 rings (SSSR count). The molecule has 406 valence electrons. The zero-order chi connectivity index (χ0) is 49.6. The third-order valence-corrected chi connectivity index (χ3v) is 14.2. The Balaban J connectivity index is 2.25. The summed E-state index contributed by atoms with van der Waals surface area (Å²) in [7, 11) is -5.06. The number of carbonyl (C=O) groups is 1. The van der Waals surface area contributed by atoms with Crippen molar-refractivity contribution in [2.75, 3.05) is 26.4 Å². The molecule has 0 amide bonds. The van der Waals surface area contributed by atoms with Gasteiger partial charge in [0.2, 0.25) is 0 Å². The molecule has 6 unspecified atom stereocenters. The van der Waals surface area contributed by atoms with E-state index in [1.165, 1.54) is 218 Å². The molecule has 13 heteroatoms. The fraction of sp³-hybridized carbons (Fsp3) is 0.982. The zero-order valence-electron chi connectivity index (χ0n) is 44.0. The van der Waals surface area contributed by atoms with Gasteiger partial charge >= 0.3 is 16.4 Å². The van der Waals surface area contributed by atoms with E-state index in [1.807, 2.05) is 0 Å². The molecule has 0 bridgehead atoms. The first-order valence-electron chi connectivity index (χ1n) is 28.8. The number of aliphatic hydroxyl groups is 3. The molecule has 0 aromatic rings. The molecule has 0 spiro atoms. The Hall–Kier alpha value is -0.900. The highest BCUT2D eigenvalue weighted by Crippen LogP contribution is 2.26. The minimum Gasteiger partial charge on any atom is -0.457 e.